The van der Waals surface area contributed by atoms with Crippen LogP contribution in [-0.4, -0.2) is 17.0 Å². The maximum absolute atomic E-state index is 12.9. The van der Waals surface area contributed by atoms with E-state index in [-0.39, 0.29) is 41.2 Å². The maximum Gasteiger partial charge on any atom is 0.494 e. The Hall–Kier alpha value is -3.77. The highest BCUT2D eigenvalue weighted by Gasteiger charge is 2.31. The molecule has 3 aromatic carbocycles. The van der Waals surface area contributed by atoms with Crippen molar-refractivity contribution in [1.82, 2.24) is 0 Å². The van der Waals surface area contributed by atoms with E-state index >= 15 is 0 Å². The second kappa shape index (κ2) is 10.2. The van der Waals surface area contributed by atoms with Crippen molar-refractivity contribution < 1.29 is 32.3 Å². The highest BCUT2D eigenvalue weighted by molar-refractivity contribution is 6.61. The lowest BCUT2D eigenvalue weighted by atomic mass is 9.78. The number of hydrogen-bond donors (Lipinski definition) is 0. The second-order valence-corrected chi connectivity index (χ2v) is 6.85. The Kier molecular flexibility index (Phi) is 7.41. The molecule has 170 valence electrons. The lowest BCUT2D eigenvalue weighted by Gasteiger charge is -2.16. The molecule has 0 aromatic heterocycles. The third-order valence-electron chi connectivity index (χ3n) is 4.67. The Morgan fingerprint density at radius 1 is 0.727 bits per heavy atom. The van der Waals surface area contributed by atoms with Gasteiger partial charge < -0.3 is 9.31 Å². The number of nitro groups is 2. The van der Waals surface area contributed by atoms with Crippen LogP contribution in [-0.2, 0) is 28.7 Å². The van der Waals surface area contributed by atoms with Gasteiger partial charge in [-0.25, -0.2) is 0 Å². The summed E-state index contributed by atoms with van der Waals surface area (Å²) in [6.45, 7) is -0.556. The van der Waals surface area contributed by atoms with E-state index in [4.69, 9.17) is 9.31 Å². The summed E-state index contributed by atoms with van der Waals surface area (Å²) in [5.41, 5.74) is -0.588. The molecule has 0 aliphatic heterocycles. The Morgan fingerprint density at radius 3 is 1.55 bits per heavy atom. The van der Waals surface area contributed by atoms with Gasteiger partial charge in [-0.3, -0.25) is 20.2 Å². The first-order chi connectivity index (χ1) is 15.7. The predicted molar refractivity (Wildman–Crippen MR) is 113 cm³/mol. The molecule has 12 heteroatoms. The number of halogens is 3. The predicted octanol–water partition coefficient (Wildman–Crippen LogP) is 4.65. The van der Waals surface area contributed by atoms with Gasteiger partial charge in [-0.05, 0) is 17.6 Å². The van der Waals surface area contributed by atoms with E-state index in [1.54, 1.807) is 12.1 Å². The van der Waals surface area contributed by atoms with Crippen molar-refractivity contribution in [3.05, 3.63) is 110 Å². The molecule has 3 aromatic rings. The summed E-state index contributed by atoms with van der Waals surface area (Å²) < 4.78 is 50.1. The molecule has 0 bridgehead atoms. The molecule has 0 amide bonds. The van der Waals surface area contributed by atoms with Crippen molar-refractivity contribution in [3.63, 3.8) is 0 Å². The number of alkyl halides is 3. The Bertz CT molecular complexity index is 1080. The summed E-state index contributed by atoms with van der Waals surface area (Å²) in [4.78, 5) is 21.3. The van der Waals surface area contributed by atoms with E-state index in [1.807, 2.05) is 0 Å². The smallest absolute Gasteiger partial charge is 0.403 e. The van der Waals surface area contributed by atoms with Gasteiger partial charge in [-0.2, -0.15) is 13.2 Å². The molecule has 33 heavy (non-hydrogen) atoms. The minimum absolute atomic E-state index is 0.192. The third-order valence-corrected chi connectivity index (χ3v) is 4.67. The van der Waals surface area contributed by atoms with Gasteiger partial charge in [0.2, 0.25) is 0 Å². The van der Waals surface area contributed by atoms with Crippen molar-refractivity contribution >= 4 is 24.0 Å². The molecule has 0 spiro atoms. The van der Waals surface area contributed by atoms with Crippen LogP contribution in [0.2, 0.25) is 0 Å². The highest BCUT2D eigenvalue weighted by Crippen LogP contribution is 2.28. The Balaban J connectivity index is 1.85. The van der Waals surface area contributed by atoms with Crippen molar-refractivity contribution in [3.8, 4) is 0 Å². The Labute approximate surface area is 186 Å². The largest absolute Gasteiger partial charge is 0.494 e. The molecule has 0 heterocycles. The summed E-state index contributed by atoms with van der Waals surface area (Å²) >= 11 is 0. The zero-order valence-electron chi connectivity index (χ0n) is 16.9. The van der Waals surface area contributed by atoms with Crippen LogP contribution in [0.1, 0.15) is 16.7 Å². The molecular formula is C21H16BF3N2O6. The van der Waals surface area contributed by atoms with Crippen LogP contribution in [0.25, 0.3) is 0 Å². The number of rotatable bonds is 9. The van der Waals surface area contributed by atoms with Crippen LogP contribution >= 0.6 is 0 Å². The van der Waals surface area contributed by atoms with Gasteiger partial charge in [0.05, 0.1) is 39.8 Å². The summed E-state index contributed by atoms with van der Waals surface area (Å²) in [6.07, 6.45) is -4.54. The minimum Gasteiger partial charge on any atom is -0.403 e. The van der Waals surface area contributed by atoms with Gasteiger partial charge in [0.1, 0.15) is 0 Å². The third kappa shape index (κ3) is 6.15. The molecule has 0 unspecified atom stereocenters. The molecule has 0 aliphatic rings. The summed E-state index contributed by atoms with van der Waals surface area (Å²) in [5, 5.41) is 22.5. The van der Waals surface area contributed by atoms with Gasteiger partial charge in [0, 0.05) is 12.1 Å². The first-order valence-electron chi connectivity index (χ1n) is 9.52. The first-order valence-corrected chi connectivity index (χ1v) is 9.52. The van der Waals surface area contributed by atoms with E-state index in [0.717, 1.165) is 24.3 Å². The Morgan fingerprint density at radius 2 is 1.15 bits per heavy atom. The van der Waals surface area contributed by atoms with Gasteiger partial charge in [0.15, 0.2) is 0 Å². The minimum atomic E-state index is -4.54. The molecule has 0 atom stereocenters. The number of para-hydroxylation sites is 2. The number of hydrogen-bond acceptors (Lipinski definition) is 6. The zero-order chi connectivity index (χ0) is 24.0. The summed E-state index contributed by atoms with van der Waals surface area (Å²) in [5.74, 6) is 0. The fourth-order valence-electron chi connectivity index (χ4n) is 3.02. The normalized spacial score (nSPS) is 11.2. The van der Waals surface area contributed by atoms with E-state index in [9.17, 15) is 33.4 Å². The molecule has 0 fully saturated rings. The van der Waals surface area contributed by atoms with Crippen LogP contribution in [0.5, 0.6) is 0 Å². The SMILES string of the molecule is O=[N+]([O-])c1ccccc1COB(OCc1ccccc1[N+](=O)[O-])c1ccc(C(F)(F)F)cc1. The number of benzene rings is 3. The van der Waals surface area contributed by atoms with Crippen LogP contribution in [0.4, 0.5) is 24.5 Å². The van der Waals surface area contributed by atoms with E-state index in [2.05, 4.69) is 0 Å². The first kappa shape index (κ1) is 23.9. The summed E-state index contributed by atoms with van der Waals surface area (Å²) in [6, 6.07) is 15.7. The summed E-state index contributed by atoms with van der Waals surface area (Å²) in [7, 11) is -1.24. The van der Waals surface area contributed by atoms with Crippen LogP contribution < -0.4 is 5.46 Å². The lowest BCUT2D eigenvalue weighted by Crippen LogP contribution is -2.37. The van der Waals surface area contributed by atoms with Gasteiger partial charge in [0.25, 0.3) is 11.4 Å². The molecule has 8 nitrogen and oxygen atoms in total. The molecule has 0 aliphatic carbocycles. The molecule has 0 radical (unpaired) electrons. The topological polar surface area (TPSA) is 105 Å². The van der Waals surface area contributed by atoms with Crippen LogP contribution in [0.3, 0.4) is 0 Å². The van der Waals surface area contributed by atoms with Crippen LogP contribution in [0.15, 0.2) is 72.8 Å². The zero-order valence-corrected chi connectivity index (χ0v) is 16.9. The van der Waals surface area contributed by atoms with Crippen LogP contribution in [0, 0.1) is 20.2 Å². The molecule has 3 rings (SSSR count). The van der Waals surface area contributed by atoms with E-state index < -0.39 is 28.7 Å². The van der Waals surface area contributed by atoms with Crippen molar-refractivity contribution in [2.24, 2.45) is 0 Å². The van der Waals surface area contributed by atoms with Gasteiger partial charge in [-0.1, -0.05) is 48.5 Å². The highest BCUT2D eigenvalue weighted by atomic mass is 19.4. The van der Waals surface area contributed by atoms with Crippen molar-refractivity contribution in [2.75, 3.05) is 0 Å². The molecule has 0 saturated carbocycles. The lowest BCUT2D eigenvalue weighted by molar-refractivity contribution is -0.385. The second-order valence-electron chi connectivity index (χ2n) is 6.85. The van der Waals surface area contributed by atoms with E-state index in [0.29, 0.717) is 0 Å². The number of nitro benzene ring substituents is 2. The fraction of sp³-hybridized carbons (Fsp3) is 0.143. The van der Waals surface area contributed by atoms with Crippen molar-refractivity contribution in [1.29, 1.82) is 0 Å². The quantitative estimate of drug-likeness (QED) is 0.262. The monoisotopic (exact) mass is 460 g/mol. The number of nitrogens with zero attached hydrogens (tertiary/aromatic N) is 2. The fourth-order valence-corrected chi connectivity index (χ4v) is 3.02. The van der Waals surface area contributed by atoms with Gasteiger partial charge >= 0.3 is 13.3 Å². The standard InChI is InChI=1S/C21H16BF3N2O6/c23-21(24,25)17-9-11-18(12-10-17)22(32-13-15-5-1-3-7-19(15)26(28)29)33-14-16-6-2-4-8-20(16)27(30)31/h1-12H,13-14H2. The maximum atomic E-state index is 12.9. The molecular weight excluding hydrogens is 444 g/mol. The van der Waals surface area contributed by atoms with E-state index in [1.165, 1.54) is 36.4 Å². The molecule has 0 saturated heterocycles. The average molecular weight is 460 g/mol. The van der Waals surface area contributed by atoms with Crippen molar-refractivity contribution in [2.45, 2.75) is 19.4 Å². The van der Waals surface area contributed by atoms with Gasteiger partial charge in [-0.15, -0.1) is 0 Å². The molecule has 0 N–H and O–H groups in total. The average Bonchev–Trinajstić information content (AvgIpc) is 2.79.